The highest BCUT2D eigenvalue weighted by Gasteiger charge is 2.51. The first-order chi connectivity index (χ1) is 42.9. The molecule has 1 aromatic carbocycles. The third-order valence-corrected chi connectivity index (χ3v) is 14.1. The molecule has 3 rings (SSSR count). The van der Waals surface area contributed by atoms with Crippen molar-refractivity contribution in [3.8, 4) is 5.75 Å². The summed E-state index contributed by atoms with van der Waals surface area (Å²) < 4.78 is 43.9. The molecule has 0 bridgehead atoms. The molecule has 496 valence electrons. The predicted molar refractivity (Wildman–Crippen MR) is 329 cm³/mol. The number of aliphatic carboxylic acids is 1. The van der Waals surface area contributed by atoms with Gasteiger partial charge in [0.1, 0.15) is 48.4 Å². The standard InChI is InChI=1S/C63H95N7O19/c1-6-7-8-9-10-11-12-13-14-15-16-17-18-19-20-21-22-23-26-30-51(72)65-36-29-38-84-47-33-31-45(32-34-47)39-46(58(77)66-35-27-24-25-28-37-67-70-64)40-48(71)43(2)68-62(80)88-56-53(74)50(86-60(83-5)54(56)75)42-85-61-55(76)57(52(73)49(87-61)41-82-4)89-63(81)69-44(3)59(78)79/h7-8,10-11,13-14,16-17,19-20,22-23,31-34,43-44,46,49-50,52-57,60-61,73-76H,6,9,12,15,18,21,24-30,35-42H2,1-5H3,(H,65,72)(H,66,77)(H,68,80)(H,69,81)(H,78,79)/b8-7-,11-10-,14-13-,17-16-,20-19-,23-22-/t43-,44-,46+,49?,50?,52+,53+,54?,55?,56-,57-,60-,61+/m0/s1. The molecule has 9 N–H and O–H groups in total. The molecule has 0 aromatic heterocycles. The van der Waals surface area contributed by atoms with Crippen LogP contribution in [0, 0.1) is 5.92 Å². The number of unbranched alkanes of at least 4 members (excludes halogenated alkanes) is 3. The molecule has 1 aromatic rings. The van der Waals surface area contributed by atoms with Crippen LogP contribution in [0.1, 0.15) is 116 Å². The molecule has 26 heteroatoms. The van der Waals surface area contributed by atoms with E-state index in [2.05, 4.69) is 99.7 Å². The SMILES string of the molecule is CC/C=C\C/C=C\C/C=C\C/C=C\C/C=C\C/C=C\CCC(=O)NCCCOc1ccc(C[C@H](CC(=O)[C@H](C)NC(=O)O[C@@H]2C(O)[C@@H](OC)OC(CO[C@@H]3OC(COC)[C@@H](O)[C@H](OC(=O)N[C@@H](C)C(=O)O)C3O)[C@H]2O)C(=O)NCCCCCCN=[N+]=[N-])cc1. The van der Waals surface area contributed by atoms with Gasteiger partial charge in [0.15, 0.2) is 30.6 Å². The van der Waals surface area contributed by atoms with Gasteiger partial charge in [-0.25, -0.2) is 9.59 Å². The summed E-state index contributed by atoms with van der Waals surface area (Å²) in [5, 5.41) is 67.4. The fourth-order valence-corrected chi connectivity index (χ4v) is 9.03. The number of carboxylic acids is 1. The first-order valence-corrected chi connectivity index (χ1v) is 30.5. The van der Waals surface area contributed by atoms with Crippen LogP contribution in [0.4, 0.5) is 9.59 Å². The number of carbonyl (C=O) groups is 6. The molecule has 4 unspecified atom stereocenters. The van der Waals surface area contributed by atoms with E-state index in [1.807, 2.05) is 11.4 Å². The second-order valence-electron chi connectivity index (χ2n) is 21.3. The van der Waals surface area contributed by atoms with Gasteiger partial charge in [0, 0.05) is 57.5 Å². The van der Waals surface area contributed by atoms with Crippen molar-refractivity contribution in [1.29, 1.82) is 0 Å². The van der Waals surface area contributed by atoms with E-state index in [1.165, 1.54) is 14.0 Å². The molecule has 0 aliphatic carbocycles. The number of hydrogen-bond donors (Lipinski definition) is 9. The number of rotatable bonds is 43. The quantitative estimate of drug-likeness (QED) is 0.0112. The summed E-state index contributed by atoms with van der Waals surface area (Å²) in [5.41, 5.74) is 9.25. The van der Waals surface area contributed by atoms with E-state index in [4.69, 9.17) is 48.5 Å². The fraction of sp³-hybridized carbons (Fsp3) is 0.619. The van der Waals surface area contributed by atoms with Crippen molar-refractivity contribution < 1.29 is 92.2 Å². The molecule has 2 aliphatic heterocycles. The van der Waals surface area contributed by atoms with Crippen LogP contribution >= 0.6 is 0 Å². The third kappa shape index (κ3) is 30.9. The normalized spacial score (nSPS) is 23.1. The lowest BCUT2D eigenvalue weighted by Crippen LogP contribution is -2.63. The van der Waals surface area contributed by atoms with E-state index < -0.39 is 116 Å². The number of carbonyl (C=O) groups excluding carboxylic acids is 5. The number of alkyl carbamates (subject to hydrolysis) is 2. The van der Waals surface area contributed by atoms with Crippen LogP contribution in [-0.4, -0.2) is 188 Å². The van der Waals surface area contributed by atoms with Gasteiger partial charge in [-0.2, -0.15) is 0 Å². The molecule has 89 heavy (non-hydrogen) atoms. The lowest BCUT2D eigenvalue weighted by Gasteiger charge is -2.44. The Morgan fingerprint density at radius 1 is 0.663 bits per heavy atom. The summed E-state index contributed by atoms with van der Waals surface area (Å²) in [6, 6.07) is 4.42. The fourth-order valence-electron chi connectivity index (χ4n) is 9.03. The minimum absolute atomic E-state index is 0.0474. The topological polar surface area (TPSA) is 374 Å². The average Bonchev–Trinajstić information content (AvgIpc) is 1.17. The van der Waals surface area contributed by atoms with Gasteiger partial charge in [-0.1, -0.05) is 110 Å². The van der Waals surface area contributed by atoms with Crippen molar-refractivity contribution in [2.75, 3.05) is 53.7 Å². The van der Waals surface area contributed by atoms with Crippen LogP contribution in [0.5, 0.6) is 5.75 Å². The van der Waals surface area contributed by atoms with Gasteiger partial charge < -0.3 is 84.7 Å². The third-order valence-electron chi connectivity index (χ3n) is 14.1. The van der Waals surface area contributed by atoms with Crippen molar-refractivity contribution in [2.24, 2.45) is 11.0 Å². The molecule has 0 saturated carbocycles. The number of amides is 4. The van der Waals surface area contributed by atoms with Crippen LogP contribution < -0.4 is 26.0 Å². The predicted octanol–water partition coefficient (Wildman–Crippen LogP) is 6.41. The molecule has 4 amide bonds. The van der Waals surface area contributed by atoms with Gasteiger partial charge in [0.2, 0.25) is 11.8 Å². The van der Waals surface area contributed by atoms with Crippen molar-refractivity contribution in [3.05, 3.63) is 113 Å². The highest BCUT2D eigenvalue weighted by Crippen LogP contribution is 2.29. The number of methoxy groups -OCH3 is 2. The molecule has 2 fully saturated rings. The average molecular weight is 1250 g/mol. The summed E-state index contributed by atoms with van der Waals surface area (Å²) in [6.45, 7) is 5.20. The Morgan fingerprint density at radius 3 is 1.75 bits per heavy atom. The van der Waals surface area contributed by atoms with Gasteiger partial charge in [0.05, 0.1) is 25.9 Å². The Kier molecular flexibility index (Phi) is 38.8. The van der Waals surface area contributed by atoms with Crippen molar-refractivity contribution in [2.45, 2.75) is 191 Å². The van der Waals surface area contributed by atoms with E-state index in [9.17, 15) is 49.2 Å². The van der Waals surface area contributed by atoms with E-state index in [-0.39, 0.29) is 25.4 Å². The van der Waals surface area contributed by atoms with Crippen LogP contribution in [0.15, 0.2) is 102 Å². The molecule has 2 saturated heterocycles. The van der Waals surface area contributed by atoms with Crippen LogP contribution in [-0.2, 0) is 58.8 Å². The van der Waals surface area contributed by atoms with Crippen LogP contribution in [0.3, 0.4) is 0 Å². The Morgan fingerprint density at radius 2 is 1.19 bits per heavy atom. The second-order valence-corrected chi connectivity index (χ2v) is 21.3. The first kappa shape index (κ1) is 76.3. The Balaban J connectivity index is 1.51. The maximum Gasteiger partial charge on any atom is 0.408 e. The zero-order valence-corrected chi connectivity index (χ0v) is 51.9. The number of carboxylic acid groups (broad SMARTS) is 1. The highest BCUT2D eigenvalue weighted by molar-refractivity contribution is 5.91. The minimum Gasteiger partial charge on any atom is -0.494 e. The first-order valence-electron chi connectivity index (χ1n) is 30.5. The molecular weight excluding hydrogens is 1160 g/mol. The Bertz CT molecular complexity index is 2490. The van der Waals surface area contributed by atoms with Crippen LogP contribution in [0.25, 0.3) is 10.4 Å². The van der Waals surface area contributed by atoms with Gasteiger partial charge in [0.25, 0.3) is 0 Å². The van der Waals surface area contributed by atoms with E-state index >= 15 is 0 Å². The summed E-state index contributed by atoms with van der Waals surface area (Å²) in [5.74, 6) is -2.70. The number of azide groups is 1. The number of aliphatic hydroxyl groups excluding tert-OH is 4. The molecule has 26 nitrogen and oxygen atoms in total. The largest absolute Gasteiger partial charge is 0.494 e. The lowest BCUT2D eigenvalue weighted by molar-refractivity contribution is -0.328. The maximum atomic E-state index is 13.8. The second kappa shape index (κ2) is 45.3. The number of ether oxygens (including phenoxy) is 8. The number of hydrogen-bond acceptors (Lipinski definition) is 19. The summed E-state index contributed by atoms with van der Waals surface area (Å²) in [4.78, 5) is 79.9. The summed E-state index contributed by atoms with van der Waals surface area (Å²) >= 11 is 0. The van der Waals surface area contributed by atoms with Gasteiger partial charge in [-0.05, 0) is 108 Å². The number of ketones is 1. The van der Waals surface area contributed by atoms with E-state index in [0.717, 1.165) is 71.0 Å². The monoisotopic (exact) mass is 1250 g/mol. The smallest absolute Gasteiger partial charge is 0.408 e. The summed E-state index contributed by atoms with van der Waals surface area (Å²) in [6.07, 6.45) is 16.4. The van der Waals surface area contributed by atoms with Crippen LogP contribution in [0.2, 0.25) is 0 Å². The zero-order valence-electron chi connectivity index (χ0n) is 51.9. The van der Waals surface area contributed by atoms with E-state index in [0.29, 0.717) is 64.1 Å². The number of aliphatic hydroxyl groups is 4. The van der Waals surface area contributed by atoms with Crippen molar-refractivity contribution >= 4 is 35.8 Å². The number of nitrogens with zero attached hydrogens (tertiary/aromatic N) is 3. The number of nitrogens with one attached hydrogen (secondary N) is 4. The van der Waals surface area contributed by atoms with Gasteiger partial charge in [-0.3, -0.25) is 19.2 Å². The van der Waals surface area contributed by atoms with Crippen molar-refractivity contribution in [1.82, 2.24) is 21.3 Å². The van der Waals surface area contributed by atoms with E-state index in [1.54, 1.807) is 24.3 Å². The number of benzene rings is 1. The maximum absolute atomic E-state index is 13.8. The van der Waals surface area contributed by atoms with Crippen molar-refractivity contribution in [3.63, 3.8) is 0 Å². The molecule has 2 heterocycles. The van der Waals surface area contributed by atoms with Gasteiger partial charge in [-0.15, -0.1) is 0 Å². The Hall–Kier alpha value is -6.97. The highest BCUT2D eigenvalue weighted by atomic mass is 16.7. The summed E-state index contributed by atoms with van der Waals surface area (Å²) in [7, 11) is 2.45. The molecule has 2 aliphatic rings. The molecule has 13 atom stereocenters. The molecular formula is C63H95N7O19. The zero-order chi connectivity index (χ0) is 65.2. The minimum atomic E-state index is -1.90. The van der Waals surface area contributed by atoms with Gasteiger partial charge >= 0.3 is 18.2 Å². The molecule has 0 spiro atoms. The number of Topliss-reactive ketones (excluding diaryl/α,β-unsaturated/α-hetero) is 1. The lowest BCUT2D eigenvalue weighted by atomic mass is 9.91. The molecule has 0 radical (unpaired) electrons. The Labute approximate surface area is 521 Å². The number of allylic oxidation sites excluding steroid dienone is 12.